The topological polar surface area (TPSA) is 116 Å². The molecule has 2 saturated carbocycles. The largest absolute Gasteiger partial charge is 0.362 e. The maximum Gasteiger partial charge on any atom is 0.238 e. The number of amides is 2. The molecule has 9 rings (SSSR count). The fraction of sp³-hybridized carbons (Fsp3) is 0.512. The number of benzene rings is 2. The zero-order valence-electron chi connectivity index (χ0n) is 31.4. The van der Waals surface area contributed by atoms with Gasteiger partial charge in [0.05, 0.1) is 33.9 Å². The zero-order valence-corrected chi connectivity index (χ0v) is 32.3. The van der Waals surface area contributed by atoms with Crippen LogP contribution in [0.15, 0.2) is 48.8 Å². The van der Waals surface area contributed by atoms with Gasteiger partial charge in [-0.25, -0.2) is 18.5 Å². The van der Waals surface area contributed by atoms with E-state index in [1.807, 2.05) is 10.6 Å². The molecular weight excluding hydrogens is 685 g/mol. The molecule has 2 aliphatic carbocycles. The van der Waals surface area contributed by atoms with Crippen molar-refractivity contribution in [1.29, 1.82) is 0 Å². The van der Waals surface area contributed by atoms with Crippen molar-refractivity contribution in [1.82, 2.24) is 29.1 Å². The van der Waals surface area contributed by atoms with Crippen molar-refractivity contribution in [2.45, 2.75) is 95.2 Å². The van der Waals surface area contributed by atoms with Gasteiger partial charge in [-0.05, 0) is 119 Å². The molecule has 1 spiro atoms. The quantitative estimate of drug-likeness (QED) is 0.209. The summed E-state index contributed by atoms with van der Waals surface area (Å²) in [6, 6.07) is 16.4. The standard InChI is InChI=1S/C39H47N7O2S.C2H5NO/c1-25-7-9-28(19-26(25)2)41-37-36-34(40-24-45(36)29-10-11-29)23-33(42-37)27-8-12-32-35(20-27)46(31-21-30(22-31)43-15-5-4-6-16-43)38(47)39(32)13-17-44(18-14-39)49(3)48;1-3-2-4/h7-9,12,19-20,23-24,29-31H,4-6,10-11,13-18,21-22H2,1-3H3,(H,41,42);2H,1H3,(H,3,4). The van der Waals surface area contributed by atoms with E-state index in [1.165, 1.54) is 56.3 Å². The first kappa shape index (κ1) is 35.9. The van der Waals surface area contributed by atoms with Gasteiger partial charge in [0.1, 0.15) is 5.52 Å². The summed E-state index contributed by atoms with van der Waals surface area (Å²) in [4.78, 5) is 38.8. The van der Waals surface area contributed by atoms with Crippen molar-refractivity contribution in [3.05, 3.63) is 65.5 Å². The van der Waals surface area contributed by atoms with Crippen LogP contribution in [-0.2, 0) is 26.0 Å². The number of hydrogen-bond acceptors (Lipinski definition) is 7. The first-order valence-corrected chi connectivity index (χ1v) is 20.9. The van der Waals surface area contributed by atoms with Crippen molar-refractivity contribution in [3.63, 3.8) is 0 Å². The molecule has 0 radical (unpaired) electrons. The number of imidazole rings is 1. The van der Waals surface area contributed by atoms with Gasteiger partial charge in [-0.3, -0.25) is 9.59 Å². The highest BCUT2D eigenvalue weighted by molar-refractivity contribution is 7.81. The normalized spacial score (nSPS) is 23.2. The Hall–Kier alpha value is -4.13. The number of fused-ring (bicyclic) bond motifs is 3. The Kier molecular flexibility index (Phi) is 9.88. The molecule has 53 heavy (non-hydrogen) atoms. The average molecular weight is 737 g/mol. The van der Waals surface area contributed by atoms with Crippen molar-refractivity contribution >= 4 is 51.5 Å². The second-order valence-corrected chi connectivity index (χ2v) is 17.0. The number of anilines is 3. The second kappa shape index (κ2) is 14.6. The van der Waals surface area contributed by atoms with Gasteiger partial charge in [0.25, 0.3) is 0 Å². The number of nitrogens with one attached hydrogen (secondary N) is 2. The molecule has 2 aromatic heterocycles. The zero-order chi connectivity index (χ0) is 36.9. The van der Waals surface area contributed by atoms with Gasteiger partial charge in [-0.1, -0.05) is 24.6 Å². The number of likely N-dealkylation sites (tertiary alicyclic amines) is 1. The van der Waals surface area contributed by atoms with Crippen molar-refractivity contribution < 1.29 is 13.8 Å². The van der Waals surface area contributed by atoms with E-state index in [0.717, 1.165) is 57.9 Å². The van der Waals surface area contributed by atoms with Gasteiger partial charge < -0.3 is 25.0 Å². The summed E-state index contributed by atoms with van der Waals surface area (Å²) in [5.74, 6) is 1.06. The molecule has 2 N–H and O–H groups in total. The maximum absolute atomic E-state index is 14.7. The van der Waals surface area contributed by atoms with E-state index in [0.29, 0.717) is 44.4 Å². The third-order valence-electron chi connectivity index (χ3n) is 12.4. The summed E-state index contributed by atoms with van der Waals surface area (Å²) >= 11 is 0. The summed E-state index contributed by atoms with van der Waals surface area (Å²) in [6.07, 6.45) is 14.0. The van der Waals surface area contributed by atoms with E-state index >= 15 is 0 Å². The predicted molar refractivity (Wildman–Crippen MR) is 212 cm³/mol. The molecule has 5 aliphatic rings. The second-order valence-electron chi connectivity index (χ2n) is 15.7. The van der Waals surface area contributed by atoms with Crippen LogP contribution in [0.25, 0.3) is 22.3 Å². The highest BCUT2D eigenvalue weighted by Gasteiger charge is 2.55. The molecule has 0 bridgehead atoms. The lowest BCUT2D eigenvalue weighted by atomic mass is 9.73. The molecular formula is C41H52N8O3S. The van der Waals surface area contributed by atoms with E-state index in [-0.39, 0.29) is 11.9 Å². The Morgan fingerprint density at radius 1 is 0.906 bits per heavy atom. The molecule has 3 aliphatic heterocycles. The Bertz CT molecular complexity index is 2040. The molecule has 5 heterocycles. The van der Waals surface area contributed by atoms with Crippen molar-refractivity contribution in [2.75, 3.05) is 49.7 Å². The van der Waals surface area contributed by atoms with Crippen LogP contribution in [0.2, 0.25) is 0 Å². The minimum absolute atomic E-state index is 0.206. The first-order chi connectivity index (χ1) is 25.7. The number of pyridine rings is 1. The van der Waals surface area contributed by atoms with Crippen LogP contribution < -0.4 is 15.5 Å². The first-order valence-electron chi connectivity index (χ1n) is 19.3. The third-order valence-corrected chi connectivity index (χ3v) is 13.5. The number of aryl methyl sites for hydroxylation is 2. The van der Waals surface area contributed by atoms with Crippen LogP contribution in [0, 0.1) is 13.8 Å². The van der Waals surface area contributed by atoms with E-state index in [1.54, 1.807) is 13.3 Å². The average Bonchev–Trinajstić information content (AvgIpc) is 3.87. The van der Waals surface area contributed by atoms with Gasteiger partial charge in [0.2, 0.25) is 12.3 Å². The number of aromatic nitrogens is 3. The van der Waals surface area contributed by atoms with Crippen LogP contribution in [0.4, 0.5) is 17.2 Å². The summed E-state index contributed by atoms with van der Waals surface area (Å²) in [5.41, 5.74) is 8.95. The van der Waals surface area contributed by atoms with Gasteiger partial charge in [-0.15, -0.1) is 0 Å². The number of rotatable bonds is 8. The van der Waals surface area contributed by atoms with Crippen LogP contribution >= 0.6 is 0 Å². The summed E-state index contributed by atoms with van der Waals surface area (Å²) in [6.45, 7) is 7.98. The lowest BCUT2D eigenvalue weighted by Gasteiger charge is -2.48. The van der Waals surface area contributed by atoms with Crippen LogP contribution in [-0.4, -0.2) is 91.8 Å². The SMILES string of the molecule is CNC=O.Cc1ccc(Nc2nc(-c3ccc4c(c3)N(C3CC(N5CCCCC5)C3)C(=O)C43CCN(S(C)=O)CC3)cc3ncn(C4CC4)c23)cc1C. The highest BCUT2D eigenvalue weighted by Crippen LogP contribution is 2.52. The number of carbonyl (C=O) groups is 2. The lowest BCUT2D eigenvalue weighted by Crippen LogP contribution is -2.58. The van der Waals surface area contributed by atoms with Crippen LogP contribution in [0.3, 0.4) is 0 Å². The molecule has 2 saturated heterocycles. The summed E-state index contributed by atoms with van der Waals surface area (Å²) in [5, 5.41) is 5.91. The van der Waals surface area contributed by atoms with E-state index in [9.17, 15) is 9.00 Å². The lowest BCUT2D eigenvalue weighted by molar-refractivity contribution is -0.125. The van der Waals surface area contributed by atoms with Gasteiger partial charge in [0, 0.05) is 61.5 Å². The number of piperidine rings is 2. The van der Waals surface area contributed by atoms with Crippen molar-refractivity contribution in [3.8, 4) is 11.3 Å². The van der Waals surface area contributed by atoms with Crippen molar-refractivity contribution in [2.24, 2.45) is 0 Å². The molecule has 11 nitrogen and oxygen atoms in total. The molecule has 2 amide bonds. The fourth-order valence-corrected chi connectivity index (χ4v) is 9.65. The molecule has 4 fully saturated rings. The molecule has 1 unspecified atom stereocenters. The maximum atomic E-state index is 14.7. The number of nitrogens with zero attached hydrogens (tertiary/aromatic N) is 6. The molecule has 4 aromatic rings. The molecule has 12 heteroatoms. The third kappa shape index (κ3) is 6.67. The Morgan fingerprint density at radius 3 is 2.30 bits per heavy atom. The van der Waals surface area contributed by atoms with Crippen LogP contribution in [0.1, 0.15) is 80.5 Å². The highest BCUT2D eigenvalue weighted by atomic mass is 32.2. The number of carbonyl (C=O) groups excluding carboxylic acids is 2. The van der Waals surface area contributed by atoms with Gasteiger partial charge in [0.15, 0.2) is 5.82 Å². The Balaban J connectivity index is 0.000000954. The minimum atomic E-state index is -1.03. The predicted octanol–water partition coefficient (Wildman–Crippen LogP) is 6.15. The number of hydrogen-bond donors (Lipinski definition) is 2. The molecule has 280 valence electrons. The smallest absolute Gasteiger partial charge is 0.238 e. The molecule has 1 atom stereocenters. The van der Waals surface area contributed by atoms with Crippen LogP contribution in [0.5, 0.6) is 0 Å². The summed E-state index contributed by atoms with van der Waals surface area (Å²) in [7, 11) is 0.532. The monoisotopic (exact) mass is 736 g/mol. The minimum Gasteiger partial charge on any atom is -0.362 e. The Labute approximate surface area is 315 Å². The molecule has 2 aromatic carbocycles. The fourth-order valence-electron chi connectivity index (χ4n) is 8.95. The van der Waals surface area contributed by atoms with E-state index in [4.69, 9.17) is 14.8 Å². The van der Waals surface area contributed by atoms with Gasteiger partial charge >= 0.3 is 0 Å². The van der Waals surface area contributed by atoms with E-state index in [2.05, 4.69) is 81.3 Å². The van der Waals surface area contributed by atoms with E-state index < -0.39 is 16.4 Å². The van der Waals surface area contributed by atoms with Gasteiger partial charge in [-0.2, -0.15) is 0 Å². The Morgan fingerprint density at radius 2 is 1.64 bits per heavy atom. The summed E-state index contributed by atoms with van der Waals surface area (Å²) < 4.78 is 16.7.